The highest BCUT2D eigenvalue weighted by Crippen LogP contribution is 2.25. The van der Waals surface area contributed by atoms with E-state index in [-0.39, 0.29) is 30.7 Å². The standard InChI is InChI=1S/C29H30ClN5O4S/c1-4-38-23-13-9-22(10-14-23)35-26(16-31-27(36)17-39-24-11-7-21(30)8-12-24)33-34-29(35)40-18-28(37)32-25-15-19(2)5-6-20(25)3/h5-15H,4,16-18H2,1-3H3,(H,31,36)(H,32,37). The first-order valence-corrected chi connectivity index (χ1v) is 14.0. The summed E-state index contributed by atoms with van der Waals surface area (Å²) in [6.07, 6.45) is 0. The lowest BCUT2D eigenvalue weighted by Crippen LogP contribution is -2.29. The second-order valence-electron chi connectivity index (χ2n) is 8.84. The van der Waals surface area contributed by atoms with Crippen molar-refractivity contribution in [3.8, 4) is 17.2 Å². The highest BCUT2D eigenvalue weighted by molar-refractivity contribution is 7.99. The molecule has 0 aliphatic carbocycles. The van der Waals surface area contributed by atoms with Crippen LogP contribution in [0.5, 0.6) is 11.5 Å². The van der Waals surface area contributed by atoms with Gasteiger partial charge < -0.3 is 20.1 Å². The van der Waals surface area contributed by atoms with Crippen molar-refractivity contribution in [1.82, 2.24) is 20.1 Å². The smallest absolute Gasteiger partial charge is 0.258 e. The first-order chi connectivity index (χ1) is 19.3. The molecule has 0 unspecified atom stereocenters. The highest BCUT2D eigenvalue weighted by Gasteiger charge is 2.17. The molecule has 1 heterocycles. The number of thioether (sulfide) groups is 1. The summed E-state index contributed by atoms with van der Waals surface area (Å²) in [5.41, 5.74) is 3.60. The van der Waals surface area contributed by atoms with Crippen molar-refractivity contribution in [3.05, 3.63) is 88.7 Å². The average molecular weight is 580 g/mol. The third kappa shape index (κ3) is 8.00. The monoisotopic (exact) mass is 579 g/mol. The van der Waals surface area contributed by atoms with E-state index in [1.165, 1.54) is 11.8 Å². The van der Waals surface area contributed by atoms with Gasteiger partial charge in [0.05, 0.1) is 18.9 Å². The largest absolute Gasteiger partial charge is 0.494 e. The fourth-order valence-corrected chi connectivity index (χ4v) is 4.62. The molecule has 0 bridgehead atoms. The predicted molar refractivity (Wildman–Crippen MR) is 157 cm³/mol. The van der Waals surface area contributed by atoms with E-state index in [4.69, 9.17) is 21.1 Å². The van der Waals surface area contributed by atoms with Gasteiger partial charge in [-0.05, 0) is 86.5 Å². The Balaban J connectivity index is 1.45. The Morgan fingerprint density at radius 3 is 2.35 bits per heavy atom. The number of hydrogen-bond acceptors (Lipinski definition) is 7. The topological polar surface area (TPSA) is 107 Å². The van der Waals surface area contributed by atoms with Crippen LogP contribution in [0.3, 0.4) is 0 Å². The molecule has 0 spiro atoms. The van der Waals surface area contributed by atoms with Gasteiger partial charge in [0.25, 0.3) is 5.91 Å². The lowest BCUT2D eigenvalue weighted by Gasteiger charge is -2.13. The quantitative estimate of drug-likeness (QED) is 0.217. The van der Waals surface area contributed by atoms with Crippen LogP contribution in [0.25, 0.3) is 5.69 Å². The minimum Gasteiger partial charge on any atom is -0.494 e. The molecule has 4 rings (SSSR count). The summed E-state index contributed by atoms with van der Waals surface area (Å²) in [5, 5.41) is 15.5. The molecular weight excluding hydrogens is 550 g/mol. The number of amides is 2. The van der Waals surface area contributed by atoms with Crippen molar-refractivity contribution in [1.29, 1.82) is 0 Å². The molecule has 0 aliphatic heterocycles. The summed E-state index contributed by atoms with van der Waals surface area (Å²) in [6, 6.07) is 20.1. The van der Waals surface area contributed by atoms with E-state index in [2.05, 4.69) is 20.8 Å². The summed E-state index contributed by atoms with van der Waals surface area (Å²) < 4.78 is 12.9. The van der Waals surface area contributed by atoms with Crippen molar-refractivity contribution < 1.29 is 19.1 Å². The SMILES string of the molecule is CCOc1ccc(-n2c(CNC(=O)COc3ccc(Cl)cc3)nnc2SCC(=O)Nc2cc(C)ccc2C)cc1. The molecule has 0 saturated heterocycles. The number of hydrogen-bond donors (Lipinski definition) is 2. The van der Waals surface area contributed by atoms with Gasteiger partial charge >= 0.3 is 0 Å². The molecule has 208 valence electrons. The molecular formula is C29H30ClN5O4S. The fourth-order valence-electron chi connectivity index (χ4n) is 3.72. The van der Waals surface area contributed by atoms with Gasteiger partial charge in [0.2, 0.25) is 5.91 Å². The Labute approximate surface area is 242 Å². The van der Waals surface area contributed by atoms with E-state index in [1.54, 1.807) is 24.3 Å². The number of ether oxygens (including phenoxy) is 2. The van der Waals surface area contributed by atoms with Crippen LogP contribution < -0.4 is 20.1 Å². The van der Waals surface area contributed by atoms with Crippen molar-refractivity contribution in [3.63, 3.8) is 0 Å². The summed E-state index contributed by atoms with van der Waals surface area (Å²) in [7, 11) is 0. The number of nitrogens with one attached hydrogen (secondary N) is 2. The zero-order valence-corrected chi connectivity index (χ0v) is 24.0. The van der Waals surface area contributed by atoms with E-state index in [1.807, 2.05) is 67.8 Å². The van der Waals surface area contributed by atoms with Crippen molar-refractivity contribution in [2.45, 2.75) is 32.5 Å². The number of aromatic nitrogens is 3. The molecule has 0 atom stereocenters. The normalized spacial score (nSPS) is 10.7. The van der Waals surface area contributed by atoms with Gasteiger partial charge in [-0.25, -0.2) is 0 Å². The Kier molecular flexibility index (Phi) is 10.0. The van der Waals surface area contributed by atoms with Crippen LogP contribution in [0.15, 0.2) is 71.9 Å². The van der Waals surface area contributed by atoms with Gasteiger partial charge in [-0.15, -0.1) is 10.2 Å². The van der Waals surface area contributed by atoms with Gasteiger partial charge in [-0.1, -0.05) is 35.5 Å². The molecule has 9 nitrogen and oxygen atoms in total. The lowest BCUT2D eigenvalue weighted by molar-refractivity contribution is -0.123. The zero-order chi connectivity index (χ0) is 28.5. The summed E-state index contributed by atoms with van der Waals surface area (Å²) in [5.74, 6) is 1.42. The third-order valence-electron chi connectivity index (χ3n) is 5.73. The molecule has 2 N–H and O–H groups in total. The number of carbonyl (C=O) groups is 2. The van der Waals surface area contributed by atoms with E-state index in [0.717, 1.165) is 28.3 Å². The predicted octanol–water partition coefficient (Wildman–Crippen LogP) is 5.36. The molecule has 1 aromatic heterocycles. The number of carbonyl (C=O) groups excluding carboxylic acids is 2. The van der Waals surface area contributed by atoms with Crippen molar-refractivity contribution in [2.75, 3.05) is 24.3 Å². The number of benzene rings is 3. The van der Waals surface area contributed by atoms with Gasteiger partial charge in [-0.3, -0.25) is 14.2 Å². The fraction of sp³-hybridized carbons (Fsp3) is 0.241. The number of aryl methyl sites for hydroxylation is 2. The van der Waals surface area contributed by atoms with Crippen LogP contribution in [-0.4, -0.2) is 45.5 Å². The Hall–Kier alpha value is -4.02. The molecule has 11 heteroatoms. The number of halogens is 1. The minimum atomic E-state index is -0.321. The highest BCUT2D eigenvalue weighted by atomic mass is 35.5. The van der Waals surface area contributed by atoms with E-state index in [0.29, 0.717) is 28.4 Å². The van der Waals surface area contributed by atoms with Crippen LogP contribution in [0.2, 0.25) is 5.02 Å². The van der Waals surface area contributed by atoms with Crippen LogP contribution in [0, 0.1) is 13.8 Å². The summed E-state index contributed by atoms with van der Waals surface area (Å²) >= 11 is 7.15. The maximum Gasteiger partial charge on any atom is 0.258 e. The van der Waals surface area contributed by atoms with Crippen molar-refractivity contribution in [2.24, 2.45) is 0 Å². The van der Waals surface area contributed by atoms with E-state index < -0.39 is 0 Å². The molecule has 2 amide bonds. The molecule has 0 aliphatic rings. The van der Waals surface area contributed by atoms with Gasteiger partial charge in [0, 0.05) is 16.4 Å². The second kappa shape index (κ2) is 13.9. The number of rotatable bonds is 12. The van der Waals surface area contributed by atoms with Crippen LogP contribution in [-0.2, 0) is 16.1 Å². The maximum atomic E-state index is 12.8. The summed E-state index contributed by atoms with van der Waals surface area (Å²) in [4.78, 5) is 25.2. The molecule has 0 fully saturated rings. The van der Waals surface area contributed by atoms with Crippen LogP contribution in [0.1, 0.15) is 23.9 Å². The molecule has 0 radical (unpaired) electrons. The molecule has 4 aromatic rings. The summed E-state index contributed by atoms with van der Waals surface area (Å²) in [6.45, 7) is 6.34. The van der Waals surface area contributed by atoms with E-state index in [9.17, 15) is 9.59 Å². The first kappa shape index (κ1) is 29.0. The van der Waals surface area contributed by atoms with Crippen LogP contribution >= 0.6 is 23.4 Å². The van der Waals surface area contributed by atoms with Gasteiger partial charge in [0.1, 0.15) is 11.5 Å². The number of anilines is 1. The lowest BCUT2D eigenvalue weighted by atomic mass is 10.1. The third-order valence-corrected chi connectivity index (χ3v) is 6.91. The maximum absolute atomic E-state index is 12.8. The number of nitrogens with zero attached hydrogens (tertiary/aromatic N) is 3. The van der Waals surface area contributed by atoms with Gasteiger partial charge in [-0.2, -0.15) is 0 Å². The average Bonchev–Trinajstić information content (AvgIpc) is 3.36. The second-order valence-corrected chi connectivity index (χ2v) is 10.2. The molecule has 40 heavy (non-hydrogen) atoms. The first-order valence-electron chi connectivity index (χ1n) is 12.6. The Bertz CT molecular complexity index is 1460. The van der Waals surface area contributed by atoms with E-state index >= 15 is 0 Å². The van der Waals surface area contributed by atoms with Crippen LogP contribution in [0.4, 0.5) is 5.69 Å². The minimum absolute atomic E-state index is 0.109. The zero-order valence-electron chi connectivity index (χ0n) is 22.4. The Morgan fingerprint density at radius 2 is 1.62 bits per heavy atom. The van der Waals surface area contributed by atoms with Crippen molar-refractivity contribution >= 4 is 40.9 Å². The molecule has 3 aromatic carbocycles. The Morgan fingerprint density at radius 1 is 0.925 bits per heavy atom. The van der Waals surface area contributed by atoms with Gasteiger partial charge in [0.15, 0.2) is 17.6 Å². The molecule has 0 saturated carbocycles.